The van der Waals surface area contributed by atoms with Crippen LogP contribution in [-0.4, -0.2) is 11.1 Å². The summed E-state index contributed by atoms with van der Waals surface area (Å²) >= 11 is 0. The molecule has 0 unspecified atom stereocenters. The molecule has 0 bridgehead atoms. The summed E-state index contributed by atoms with van der Waals surface area (Å²) in [7, 11) is 0. The van der Waals surface area contributed by atoms with Crippen LogP contribution >= 0.6 is 0 Å². The number of hydrogen-bond acceptors (Lipinski definition) is 2. The number of rotatable bonds is 2. The van der Waals surface area contributed by atoms with Gasteiger partial charge >= 0.3 is 0 Å². The molecular weight excluding hydrogens is 270 g/mol. The van der Waals surface area contributed by atoms with Crippen molar-refractivity contribution < 1.29 is 4.74 Å². The summed E-state index contributed by atoms with van der Waals surface area (Å²) in [6, 6.07) is 0. The van der Waals surface area contributed by atoms with E-state index >= 15 is 0 Å². The Hall–Kier alpha value is -1.31. The van der Waals surface area contributed by atoms with E-state index in [2.05, 4.69) is 61.6 Å². The molecule has 0 radical (unpaired) electrons. The molecule has 3 atom stereocenters. The highest BCUT2D eigenvalue weighted by molar-refractivity contribution is 5.73. The van der Waals surface area contributed by atoms with E-state index in [9.17, 15) is 0 Å². The molecule has 0 aromatic carbocycles. The summed E-state index contributed by atoms with van der Waals surface area (Å²) in [5.41, 5.74) is 6.64. The van der Waals surface area contributed by atoms with Crippen LogP contribution in [0.4, 0.5) is 0 Å². The molecule has 0 N–H and O–H groups in total. The zero-order chi connectivity index (χ0) is 16.6. The zero-order valence-electron chi connectivity index (χ0n) is 15.4. The lowest BCUT2D eigenvalue weighted by atomic mass is 9.76. The van der Waals surface area contributed by atoms with Gasteiger partial charge in [-0.2, -0.15) is 0 Å². The number of fused-ring (bicyclic) bond motifs is 1. The molecule has 122 valence electrons. The largest absolute Gasteiger partial charge is 0.498 e. The number of aromatic nitrogens is 1. The van der Waals surface area contributed by atoms with Crippen molar-refractivity contribution in [3.8, 4) is 0 Å². The van der Waals surface area contributed by atoms with Crippen LogP contribution in [0.3, 0.4) is 0 Å². The van der Waals surface area contributed by atoms with Crippen LogP contribution in [-0.2, 0) is 4.74 Å². The van der Waals surface area contributed by atoms with Crippen molar-refractivity contribution in [2.24, 2.45) is 11.8 Å². The molecule has 1 aliphatic heterocycles. The van der Waals surface area contributed by atoms with Gasteiger partial charge in [-0.1, -0.05) is 41.5 Å². The average molecular weight is 301 g/mol. The molecule has 1 aliphatic rings. The van der Waals surface area contributed by atoms with Crippen molar-refractivity contribution in [1.29, 1.82) is 0 Å². The Morgan fingerprint density at radius 2 is 1.68 bits per heavy atom. The molecular formula is C20H31NO. The van der Waals surface area contributed by atoms with Crippen molar-refractivity contribution in [2.75, 3.05) is 0 Å². The second-order valence-corrected chi connectivity index (χ2v) is 7.46. The smallest absolute Gasteiger partial charge is 0.0981 e. The molecule has 0 aliphatic carbocycles. The molecule has 0 fully saturated rings. The summed E-state index contributed by atoms with van der Waals surface area (Å²) in [5.74, 6) is 1.81. The molecule has 2 nitrogen and oxygen atoms in total. The summed E-state index contributed by atoms with van der Waals surface area (Å²) in [6.45, 7) is 17.9. The number of pyridine rings is 1. The molecule has 2 rings (SSSR count). The van der Waals surface area contributed by atoms with Crippen LogP contribution in [0.1, 0.15) is 82.7 Å². The van der Waals surface area contributed by atoms with Crippen LogP contribution in [0.5, 0.6) is 0 Å². The van der Waals surface area contributed by atoms with E-state index in [0.29, 0.717) is 23.7 Å². The highest BCUT2D eigenvalue weighted by Gasteiger charge is 2.31. The lowest BCUT2D eigenvalue weighted by Crippen LogP contribution is -2.26. The number of hydrogen-bond donors (Lipinski definition) is 0. The van der Waals surface area contributed by atoms with E-state index in [1.165, 1.54) is 28.0 Å². The van der Waals surface area contributed by atoms with Crippen LogP contribution in [0.2, 0.25) is 0 Å². The van der Waals surface area contributed by atoms with Gasteiger partial charge in [-0.25, -0.2) is 0 Å². The van der Waals surface area contributed by atoms with Gasteiger partial charge in [0, 0.05) is 11.9 Å². The predicted molar refractivity (Wildman–Crippen MR) is 94.0 cm³/mol. The van der Waals surface area contributed by atoms with E-state index < -0.39 is 0 Å². The fraction of sp³-hybridized carbons (Fsp3) is 0.650. The zero-order valence-corrected chi connectivity index (χ0v) is 15.4. The van der Waals surface area contributed by atoms with E-state index in [0.717, 1.165) is 0 Å². The molecule has 22 heavy (non-hydrogen) atoms. The molecule has 0 saturated carbocycles. The van der Waals surface area contributed by atoms with Crippen LogP contribution < -0.4 is 0 Å². The van der Waals surface area contributed by atoms with Gasteiger partial charge in [0.25, 0.3) is 0 Å². The molecule has 1 aromatic heterocycles. The van der Waals surface area contributed by atoms with Crippen LogP contribution in [0.25, 0.3) is 5.57 Å². The normalized spacial score (nSPS) is 27.7. The second kappa shape index (κ2) is 6.44. The number of nitrogens with zero attached hydrogens (tertiary/aromatic N) is 1. The third kappa shape index (κ3) is 2.93. The standard InChI is InChI=1S/C20H31NO/c1-11(2)17-9-21-15(7)19-14(6)13(5)16(8)22-10-18(12(3)4)20(17)19/h9-14,16H,1-8H3/b18-10-/t13-,14+,16-/m0/s1. The van der Waals surface area contributed by atoms with Crippen molar-refractivity contribution >= 4 is 5.57 Å². The first-order chi connectivity index (χ1) is 10.3. The lowest BCUT2D eigenvalue weighted by molar-refractivity contribution is 0.0974. The Morgan fingerprint density at radius 3 is 2.23 bits per heavy atom. The van der Waals surface area contributed by atoms with Gasteiger partial charge in [0.2, 0.25) is 0 Å². The minimum atomic E-state index is 0.221. The summed E-state index contributed by atoms with van der Waals surface area (Å²) in [5, 5.41) is 0. The first-order valence-electron chi connectivity index (χ1n) is 8.60. The quantitative estimate of drug-likeness (QED) is 0.702. The van der Waals surface area contributed by atoms with Crippen LogP contribution in [0, 0.1) is 18.8 Å². The highest BCUT2D eigenvalue weighted by atomic mass is 16.5. The Bertz CT molecular complexity index is 571. The van der Waals surface area contributed by atoms with Gasteiger partial charge in [-0.05, 0) is 59.8 Å². The third-order valence-corrected chi connectivity index (χ3v) is 5.27. The Labute approximate surface area is 136 Å². The number of ether oxygens (including phenoxy) is 1. The summed E-state index contributed by atoms with van der Waals surface area (Å²) < 4.78 is 6.09. The van der Waals surface area contributed by atoms with Crippen molar-refractivity contribution in [2.45, 2.75) is 73.3 Å². The van der Waals surface area contributed by atoms with Gasteiger partial charge in [0.05, 0.1) is 12.4 Å². The van der Waals surface area contributed by atoms with Crippen molar-refractivity contribution in [3.63, 3.8) is 0 Å². The van der Waals surface area contributed by atoms with E-state index in [1.54, 1.807) is 0 Å². The maximum absolute atomic E-state index is 6.09. The minimum Gasteiger partial charge on any atom is -0.498 e. The Balaban J connectivity index is 2.80. The monoisotopic (exact) mass is 301 g/mol. The van der Waals surface area contributed by atoms with E-state index in [-0.39, 0.29) is 6.10 Å². The third-order valence-electron chi connectivity index (χ3n) is 5.27. The lowest BCUT2D eigenvalue weighted by Gasteiger charge is -2.34. The summed E-state index contributed by atoms with van der Waals surface area (Å²) in [6.07, 6.45) is 4.30. The molecule has 1 aromatic rings. The van der Waals surface area contributed by atoms with E-state index in [4.69, 9.17) is 9.72 Å². The van der Waals surface area contributed by atoms with Crippen LogP contribution in [0.15, 0.2) is 12.5 Å². The average Bonchev–Trinajstić information content (AvgIpc) is 2.44. The molecule has 2 heteroatoms. The molecule has 2 heterocycles. The molecule has 0 spiro atoms. The maximum Gasteiger partial charge on any atom is 0.0981 e. The Morgan fingerprint density at radius 1 is 1.05 bits per heavy atom. The maximum atomic E-state index is 6.09. The SMILES string of the molecule is Cc1ncc(C(C)C)c2c1[C@H](C)[C@H](C)[C@H](C)O/C=C\2C(C)C. The van der Waals surface area contributed by atoms with Gasteiger partial charge < -0.3 is 4.74 Å². The minimum absolute atomic E-state index is 0.221. The first kappa shape index (κ1) is 17.1. The predicted octanol–water partition coefficient (Wildman–Crippen LogP) is 5.67. The highest BCUT2D eigenvalue weighted by Crippen LogP contribution is 2.42. The summed E-state index contributed by atoms with van der Waals surface area (Å²) in [4.78, 5) is 4.72. The topological polar surface area (TPSA) is 22.1 Å². The second-order valence-electron chi connectivity index (χ2n) is 7.46. The van der Waals surface area contributed by atoms with Gasteiger partial charge in [-0.3, -0.25) is 4.98 Å². The van der Waals surface area contributed by atoms with Crippen molar-refractivity contribution in [1.82, 2.24) is 4.98 Å². The first-order valence-corrected chi connectivity index (χ1v) is 8.60. The Kier molecular flexibility index (Phi) is 4.99. The number of aryl methyl sites for hydroxylation is 1. The fourth-order valence-electron chi connectivity index (χ4n) is 3.41. The molecule has 0 amide bonds. The molecule has 0 saturated heterocycles. The number of allylic oxidation sites excluding steroid dienone is 1. The van der Waals surface area contributed by atoms with Gasteiger partial charge in [0.15, 0.2) is 0 Å². The van der Waals surface area contributed by atoms with Gasteiger partial charge in [-0.15, -0.1) is 0 Å². The van der Waals surface area contributed by atoms with Crippen molar-refractivity contribution in [3.05, 3.63) is 34.8 Å². The van der Waals surface area contributed by atoms with E-state index in [1.807, 2.05) is 6.26 Å². The fourth-order valence-corrected chi connectivity index (χ4v) is 3.41. The van der Waals surface area contributed by atoms with Gasteiger partial charge in [0.1, 0.15) is 0 Å².